The number of rotatable bonds is 4. The number of carbonyl (C=O) groups is 1. The molecular weight excluding hydrogens is 266 g/mol. The predicted molar refractivity (Wildman–Crippen MR) is 74.3 cm³/mol. The van der Waals surface area contributed by atoms with E-state index in [4.69, 9.17) is 21.1 Å². The summed E-state index contributed by atoms with van der Waals surface area (Å²) >= 11 is 5.91. The summed E-state index contributed by atoms with van der Waals surface area (Å²) in [6, 6.07) is 5.34. The highest BCUT2D eigenvalue weighted by Gasteiger charge is 2.29. The molecular formula is C14H18ClNO3. The molecule has 0 saturated carbocycles. The highest BCUT2D eigenvalue weighted by Crippen LogP contribution is 2.26. The molecule has 0 spiro atoms. The molecule has 4 nitrogen and oxygen atoms in total. The van der Waals surface area contributed by atoms with Crippen LogP contribution in [0.3, 0.4) is 0 Å². The molecule has 1 aliphatic rings. The van der Waals surface area contributed by atoms with Gasteiger partial charge in [0.1, 0.15) is 11.5 Å². The van der Waals surface area contributed by atoms with Crippen LogP contribution in [-0.2, 0) is 0 Å². The lowest BCUT2D eigenvalue weighted by Crippen LogP contribution is -2.36. The van der Waals surface area contributed by atoms with Gasteiger partial charge < -0.3 is 14.4 Å². The molecule has 2 rings (SSSR count). The van der Waals surface area contributed by atoms with E-state index in [0.717, 1.165) is 19.4 Å². The Morgan fingerprint density at radius 3 is 2.47 bits per heavy atom. The van der Waals surface area contributed by atoms with E-state index in [0.29, 0.717) is 22.9 Å². The maximum Gasteiger partial charge on any atom is 0.254 e. The van der Waals surface area contributed by atoms with Gasteiger partial charge >= 0.3 is 0 Å². The van der Waals surface area contributed by atoms with Crippen molar-refractivity contribution in [3.8, 4) is 11.5 Å². The number of likely N-dealkylation sites (tertiary alicyclic amines) is 1. The van der Waals surface area contributed by atoms with Crippen molar-refractivity contribution >= 4 is 17.5 Å². The highest BCUT2D eigenvalue weighted by molar-refractivity contribution is 6.18. The Hall–Kier alpha value is -1.42. The van der Waals surface area contributed by atoms with E-state index < -0.39 is 0 Å². The van der Waals surface area contributed by atoms with E-state index in [1.807, 2.05) is 4.90 Å². The van der Waals surface area contributed by atoms with Gasteiger partial charge in [-0.3, -0.25) is 4.79 Å². The van der Waals surface area contributed by atoms with Crippen molar-refractivity contribution in [2.45, 2.75) is 18.9 Å². The number of alkyl halides is 1. The molecule has 5 heteroatoms. The average molecular weight is 284 g/mol. The summed E-state index contributed by atoms with van der Waals surface area (Å²) in [5.41, 5.74) is 0.577. The summed E-state index contributed by atoms with van der Waals surface area (Å²) in [6.45, 7) is 0.760. The van der Waals surface area contributed by atoms with E-state index in [2.05, 4.69) is 0 Å². The first-order chi connectivity index (χ1) is 9.19. The molecule has 1 aromatic rings. The van der Waals surface area contributed by atoms with Gasteiger partial charge in [0, 0.05) is 30.1 Å². The van der Waals surface area contributed by atoms with Crippen LogP contribution in [0.4, 0.5) is 0 Å². The van der Waals surface area contributed by atoms with E-state index in [1.165, 1.54) is 0 Å². The Morgan fingerprint density at radius 1 is 1.32 bits per heavy atom. The van der Waals surface area contributed by atoms with Crippen LogP contribution in [0.15, 0.2) is 18.2 Å². The van der Waals surface area contributed by atoms with Crippen molar-refractivity contribution in [2.75, 3.05) is 26.6 Å². The number of nitrogens with zero attached hydrogens (tertiary/aromatic N) is 1. The third kappa shape index (κ3) is 2.95. The van der Waals surface area contributed by atoms with Crippen molar-refractivity contribution in [3.05, 3.63) is 23.8 Å². The van der Waals surface area contributed by atoms with Crippen LogP contribution in [0.25, 0.3) is 0 Å². The summed E-state index contributed by atoms with van der Waals surface area (Å²) in [6.07, 6.45) is 1.97. The number of benzene rings is 1. The van der Waals surface area contributed by atoms with E-state index >= 15 is 0 Å². The molecule has 0 radical (unpaired) electrons. The fourth-order valence-corrected chi connectivity index (χ4v) is 2.68. The Kier molecular flexibility index (Phi) is 4.53. The van der Waals surface area contributed by atoms with Gasteiger partial charge in [-0.2, -0.15) is 0 Å². The second kappa shape index (κ2) is 6.15. The molecule has 1 heterocycles. The van der Waals surface area contributed by atoms with Gasteiger partial charge in [-0.25, -0.2) is 0 Å². The molecule has 1 saturated heterocycles. The summed E-state index contributed by atoms with van der Waals surface area (Å²) < 4.78 is 10.4. The van der Waals surface area contributed by atoms with Gasteiger partial charge in [-0.15, -0.1) is 11.6 Å². The number of hydrogen-bond acceptors (Lipinski definition) is 3. The minimum atomic E-state index is -0.0136. The van der Waals surface area contributed by atoms with Crippen LogP contribution >= 0.6 is 11.6 Å². The zero-order valence-corrected chi connectivity index (χ0v) is 11.9. The molecule has 1 aromatic carbocycles. The van der Waals surface area contributed by atoms with Crippen molar-refractivity contribution < 1.29 is 14.3 Å². The van der Waals surface area contributed by atoms with Crippen LogP contribution in [0.5, 0.6) is 11.5 Å². The van der Waals surface area contributed by atoms with Crippen LogP contribution in [-0.4, -0.2) is 43.5 Å². The van der Waals surface area contributed by atoms with Gasteiger partial charge in [0.05, 0.1) is 14.2 Å². The standard InChI is InChI=1S/C14H18ClNO3/c1-18-12-6-10(7-13(8-12)19-2)14(17)16-5-3-4-11(16)9-15/h6-8,11H,3-5,9H2,1-2H3/t11-/m0/s1. The van der Waals surface area contributed by atoms with E-state index in [1.54, 1.807) is 32.4 Å². The van der Waals surface area contributed by atoms with E-state index in [-0.39, 0.29) is 11.9 Å². The monoisotopic (exact) mass is 283 g/mol. The largest absolute Gasteiger partial charge is 0.497 e. The van der Waals surface area contributed by atoms with Crippen LogP contribution < -0.4 is 9.47 Å². The zero-order valence-electron chi connectivity index (χ0n) is 11.2. The van der Waals surface area contributed by atoms with Crippen LogP contribution in [0.2, 0.25) is 0 Å². The first-order valence-electron chi connectivity index (χ1n) is 6.29. The van der Waals surface area contributed by atoms with Gasteiger partial charge in [0.15, 0.2) is 0 Å². The molecule has 19 heavy (non-hydrogen) atoms. The summed E-state index contributed by atoms with van der Waals surface area (Å²) in [5.74, 6) is 1.70. The Balaban J connectivity index is 2.27. The van der Waals surface area contributed by atoms with Crippen molar-refractivity contribution in [1.29, 1.82) is 0 Å². The maximum atomic E-state index is 12.5. The van der Waals surface area contributed by atoms with E-state index in [9.17, 15) is 4.79 Å². The SMILES string of the molecule is COc1cc(OC)cc(C(=O)N2CCC[C@H]2CCl)c1. The number of halogens is 1. The minimum Gasteiger partial charge on any atom is -0.497 e. The quantitative estimate of drug-likeness (QED) is 0.797. The third-order valence-corrected chi connectivity index (χ3v) is 3.77. The Morgan fingerprint density at radius 2 is 1.95 bits per heavy atom. The number of carbonyl (C=O) groups excluding carboxylic acids is 1. The lowest BCUT2D eigenvalue weighted by atomic mass is 10.1. The molecule has 0 N–H and O–H groups in total. The van der Waals surface area contributed by atoms with Crippen molar-refractivity contribution in [3.63, 3.8) is 0 Å². The Labute approximate surface area is 118 Å². The highest BCUT2D eigenvalue weighted by atomic mass is 35.5. The van der Waals surface area contributed by atoms with Crippen LogP contribution in [0, 0.1) is 0 Å². The molecule has 0 aromatic heterocycles. The molecule has 1 atom stereocenters. The molecule has 0 unspecified atom stereocenters. The molecule has 0 bridgehead atoms. The smallest absolute Gasteiger partial charge is 0.254 e. The second-order valence-electron chi connectivity index (χ2n) is 4.55. The number of amides is 1. The van der Waals surface area contributed by atoms with Gasteiger partial charge in [-0.05, 0) is 25.0 Å². The number of ether oxygens (including phenoxy) is 2. The topological polar surface area (TPSA) is 38.8 Å². The minimum absolute atomic E-state index is 0.0136. The van der Waals surface area contributed by atoms with Crippen molar-refractivity contribution in [1.82, 2.24) is 4.90 Å². The van der Waals surface area contributed by atoms with Crippen molar-refractivity contribution in [2.24, 2.45) is 0 Å². The summed E-state index contributed by atoms with van der Waals surface area (Å²) in [4.78, 5) is 14.3. The first kappa shape index (κ1) is 14.0. The Bertz CT molecular complexity index is 442. The average Bonchev–Trinajstić information content (AvgIpc) is 2.94. The molecule has 1 fully saturated rings. The lowest BCUT2D eigenvalue weighted by molar-refractivity contribution is 0.0748. The van der Waals surface area contributed by atoms with Gasteiger partial charge in [0.25, 0.3) is 5.91 Å². The number of methoxy groups -OCH3 is 2. The zero-order chi connectivity index (χ0) is 13.8. The fraction of sp³-hybridized carbons (Fsp3) is 0.500. The first-order valence-corrected chi connectivity index (χ1v) is 6.83. The summed E-state index contributed by atoms with van der Waals surface area (Å²) in [5, 5.41) is 0. The predicted octanol–water partition coefficient (Wildman–Crippen LogP) is 2.55. The second-order valence-corrected chi connectivity index (χ2v) is 4.86. The van der Waals surface area contributed by atoms with Gasteiger partial charge in [0.2, 0.25) is 0 Å². The maximum absolute atomic E-state index is 12.5. The number of hydrogen-bond donors (Lipinski definition) is 0. The summed E-state index contributed by atoms with van der Waals surface area (Å²) in [7, 11) is 3.14. The van der Waals surface area contributed by atoms with Crippen LogP contribution in [0.1, 0.15) is 23.2 Å². The molecule has 0 aliphatic carbocycles. The fourth-order valence-electron chi connectivity index (χ4n) is 2.36. The lowest BCUT2D eigenvalue weighted by Gasteiger charge is -2.23. The van der Waals surface area contributed by atoms with Gasteiger partial charge in [-0.1, -0.05) is 0 Å². The third-order valence-electron chi connectivity index (χ3n) is 3.41. The molecule has 104 valence electrons. The molecule has 1 amide bonds. The normalized spacial score (nSPS) is 18.5. The molecule has 1 aliphatic heterocycles.